The predicted octanol–water partition coefficient (Wildman–Crippen LogP) is 6.84. The Morgan fingerprint density at radius 2 is 0.905 bits per heavy atom. The Bertz CT molecular complexity index is 218. The molecule has 0 aliphatic heterocycles. The van der Waals surface area contributed by atoms with Crippen LogP contribution in [0, 0.1) is 5.41 Å². The molecular weight excluding hydrogens is 254 g/mol. The molecule has 0 aromatic rings. The van der Waals surface area contributed by atoms with E-state index in [2.05, 4.69) is 34.6 Å². The normalized spacial score (nSPS) is 12.9. The van der Waals surface area contributed by atoms with E-state index >= 15 is 0 Å². The van der Waals surface area contributed by atoms with Crippen LogP contribution in [0.5, 0.6) is 0 Å². The first-order valence-electron chi connectivity index (χ1n) is 9.84. The summed E-state index contributed by atoms with van der Waals surface area (Å²) in [6, 6.07) is 0. The highest BCUT2D eigenvalue weighted by Gasteiger charge is 2.45. The highest BCUT2D eigenvalue weighted by Crippen LogP contribution is 2.47. The van der Waals surface area contributed by atoms with Crippen LogP contribution in [-0.4, -0.2) is 5.54 Å². The summed E-state index contributed by atoms with van der Waals surface area (Å²) < 4.78 is 0. The number of rotatable bonds is 14. The topological polar surface area (TPSA) is 26.0 Å². The zero-order valence-corrected chi connectivity index (χ0v) is 15.8. The lowest BCUT2D eigenvalue weighted by Gasteiger charge is -2.50. The van der Waals surface area contributed by atoms with Crippen molar-refractivity contribution in [3.8, 4) is 0 Å². The van der Waals surface area contributed by atoms with Crippen LogP contribution < -0.4 is 5.73 Å². The summed E-state index contributed by atoms with van der Waals surface area (Å²) in [4.78, 5) is 0. The van der Waals surface area contributed by atoms with Gasteiger partial charge in [-0.3, -0.25) is 0 Å². The molecule has 128 valence electrons. The van der Waals surface area contributed by atoms with Crippen LogP contribution in [0.1, 0.15) is 118 Å². The van der Waals surface area contributed by atoms with Gasteiger partial charge in [0.15, 0.2) is 0 Å². The second-order valence-electron chi connectivity index (χ2n) is 7.20. The lowest BCUT2D eigenvalue weighted by Crippen LogP contribution is -2.55. The van der Waals surface area contributed by atoms with E-state index in [1.54, 1.807) is 0 Å². The van der Waals surface area contributed by atoms with E-state index in [0.29, 0.717) is 5.41 Å². The predicted molar refractivity (Wildman–Crippen MR) is 97.7 cm³/mol. The fraction of sp³-hybridized carbons (Fsp3) is 1.00. The van der Waals surface area contributed by atoms with Gasteiger partial charge >= 0.3 is 0 Å². The molecule has 2 N–H and O–H groups in total. The third-order valence-corrected chi connectivity index (χ3v) is 5.70. The Labute approximate surface area is 135 Å². The molecule has 0 aliphatic carbocycles. The fourth-order valence-corrected chi connectivity index (χ4v) is 4.00. The molecule has 0 atom stereocenters. The summed E-state index contributed by atoms with van der Waals surface area (Å²) in [6.07, 6.45) is 16.8. The van der Waals surface area contributed by atoms with Crippen molar-refractivity contribution >= 4 is 0 Å². The van der Waals surface area contributed by atoms with Crippen LogP contribution in [0.4, 0.5) is 0 Å². The van der Waals surface area contributed by atoms with Crippen molar-refractivity contribution < 1.29 is 0 Å². The zero-order chi connectivity index (χ0) is 16.2. The lowest BCUT2D eigenvalue weighted by atomic mass is 9.59. The fourth-order valence-electron chi connectivity index (χ4n) is 4.00. The van der Waals surface area contributed by atoms with Crippen molar-refractivity contribution in [2.24, 2.45) is 11.1 Å². The molecule has 0 unspecified atom stereocenters. The summed E-state index contributed by atoms with van der Waals surface area (Å²) in [5.74, 6) is 0. The summed E-state index contributed by atoms with van der Waals surface area (Å²) >= 11 is 0. The van der Waals surface area contributed by atoms with E-state index in [-0.39, 0.29) is 5.54 Å². The molecule has 0 fully saturated rings. The molecule has 1 nitrogen and oxygen atoms in total. The number of hydrogen-bond acceptors (Lipinski definition) is 1. The molecule has 0 radical (unpaired) electrons. The molecule has 0 bridgehead atoms. The molecule has 0 aliphatic rings. The third-order valence-electron chi connectivity index (χ3n) is 5.70. The Kier molecular flexibility index (Phi) is 11.5. The maximum Gasteiger partial charge on any atom is 0.0211 e. The van der Waals surface area contributed by atoms with Gasteiger partial charge in [0, 0.05) is 5.54 Å². The van der Waals surface area contributed by atoms with E-state index in [9.17, 15) is 0 Å². The molecule has 0 saturated heterocycles. The highest BCUT2D eigenvalue weighted by molar-refractivity contribution is 5.01. The molecule has 0 rings (SSSR count). The summed E-state index contributed by atoms with van der Waals surface area (Å²) in [6.45, 7) is 11.6. The SMILES string of the molecule is CCCCC(N)(CCCC)C(CC)(CCCC)CCCC. The van der Waals surface area contributed by atoms with Gasteiger partial charge in [-0.25, -0.2) is 0 Å². The van der Waals surface area contributed by atoms with Crippen molar-refractivity contribution in [1.29, 1.82) is 0 Å². The van der Waals surface area contributed by atoms with Gasteiger partial charge in [-0.15, -0.1) is 0 Å². The minimum Gasteiger partial charge on any atom is -0.325 e. The van der Waals surface area contributed by atoms with Crippen LogP contribution in [0.3, 0.4) is 0 Å². The molecule has 1 heteroatoms. The van der Waals surface area contributed by atoms with Gasteiger partial charge in [-0.1, -0.05) is 86.0 Å². The average molecular weight is 298 g/mol. The molecule has 0 spiro atoms. The standard InChI is InChI=1S/C20H43N/c1-6-11-15-19(10-5,16-12-7-2)20(21,17-13-8-3)18-14-9-4/h6-18,21H2,1-5H3. The molecule has 0 saturated carbocycles. The van der Waals surface area contributed by atoms with E-state index < -0.39 is 0 Å². The first-order chi connectivity index (χ1) is 10.1. The zero-order valence-electron chi connectivity index (χ0n) is 15.8. The molecular formula is C20H43N. The van der Waals surface area contributed by atoms with Gasteiger partial charge in [0.2, 0.25) is 0 Å². The van der Waals surface area contributed by atoms with Gasteiger partial charge < -0.3 is 5.73 Å². The minimum absolute atomic E-state index is 0.0676. The van der Waals surface area contributed by atoms with Gasteiger partial charge in [0.25, 0.3) is 0 Å². The molecule has 0 amide bonds. The largest absolute Gasteiger partial charge is 0.325 e. The molecule has 21 heavy (non-hydrogen) atoms. The summed E-state index contributed by atoms with van der Waals surface area (Å²) in [7, 11) is 0. The lowest BCUT2D eigenvalue weighted by molar-refractivity contribution is 0.0610. The third kappa shape index (κ3) is 6.30. The smallest absolute Gasteiger partial charge is 0.0211 e. The second kappa shape index (κ2) is 11.5. The number of hydrogen-bond donors (Lipinski definition) is 1. The van der Waals surface area contributed by atoms with E-state index in [0.717, 1.165) is 0 Å². The molecule has 0 aromatic carbocycles. The Morgan fingerprint density at radius 3 is 1.19 bits per heavy atom. The van der Waals surface area contributed by atoms with E-state index in [1.807, 2.05) is 0 Å². The van der Waals surface area contributed by atoms with Gasteiger partial charge in [-0.2, -0.15) is 0 Å². The first kappa shape index (κ1) is 21.0. The van der Waals surface area contributed by atoms with Crippen LogP contribution in [0.15, 0.2) is 0 Å². The Balaban J connectivity index is 5.26. The highest BCUT2D eigenvalue weighted by atomic mass is 14.8. The first-order valence-corrected chi connectivity index (χ1v) is 9.84. The maximum atomic E-state index is 7.14. The van der Waals surface area contributed by atoms with Gasteiger partial charge in [0.05, 0.1) is 0 Å². The van der Waals surface area contributed by atoms with Crippen LogP contribution in [0.2, 0.25) is 0 Å². The van der Waals surface area contributed by atoms with Crippen molar-refractivity contribution in [3.63, 3.8) is 0 Å². The van der Waals surface area contributed by atoms with Crippen molar-refractivity contribution in [3.05, 3.63) is 0 Å². The van der Waals surface area contributed by atoms with E-state index in [4.69, 9.17) is 5.73 Å². The van der Waals surface area contributed by atoms with Crippen molar-refractivity contribution in [1.82, 2.24) is 0 Å². The van der Waals surface area contributed by atoms with Gasteiger partial charge in [0.1, 0.15) is 0 Å². The minimum atomic E-state index is 0.0676. The van der Waals surface area contributed by atoms with Crippen LogP contribution in [-0.2, 0) is 0 Å². The quantitative estimate of drug-likeness (QED) is 0.373. The average Bonchev–Trinajstić information content (AvgIpc) is 2.51. The number of unbranched alkanes of at least 4 members (excludes halogenated alkanes) is 4. The van der Waals surface area contributed by atoms with Crippen LogP contribution in [0.25, 0.3) is 0 Å². The van der Waals surface area contributed by atoms with Gasteiger partial charge in [-0.05, 0) is 37.5 Å². The second-order valence-corrected chi connectivity index (χ2v) is 7.20. The maximum absolute atomic E-state index is 7.14. The van der Waals surface area contributed by atoms with Crippen molar-refractivity contribution in [2.75, 3.05) is 0 Å². The Morgan fingerprint density at radius 1 is 0.571 bits per heavy atom. The van der Waals surface area contributed by atoms with Crippen LogP contribution >= 0.6 is 0 Å². The molecule has 0 aromatic heterocycles. The monoisotopic (exact) mass is 297 g/mol. The molecule has 0 heterocycles. The Hall–Kier alpha value is -0.0400. The van der Waals surface area contributed by atoms with E-state index in [1.165, 1.54) is 83.5 Å². The van der Waals surface area contributed by atoms with Crippen molar-refractivity contribution in [2.45, 2.75) is 124 Å². The summed E-state index contributed by atoms with van der Waals surface area (Å²) in [5, 5.41) is 0. The summed E-state index contributed by atoms with van der Waals surface area (Å²) in [5.41, 5.74) is 7.59. The number of nitrogens with two attached hydrogens (primary N) is 1.